The number of aliphatic hydroxyl groups excluding tert-OH is 1. The van der Waals surface area contributed by atoms with Gasteiger partial charge in [-0.15, -0.1) is 0 Å². The van der Waals surface area contributed by atoms with Gasteiger partial charge >= 0.3 is 6.18 Å². The normalized spacial score (nSPS) is 16.5. The Morgan fingerprint density at radius 1 is 1.30 bits per heavy atom. The maximum Gasteiger partial charge on any atom is 0.417 e. The number of aromatic nitrogens is 3. The van der Waals surface area contributed by atoms with E-state index in [-0.39, 0.29) is 23.2 Å². The Bertz CT molecular complexity index is 1370. The smallest absolute Gasteiger partial charge is 0.417 e. The zero-order chi connectivity index (χ0) is 26.6. The van der Waals surface area contributed by atoms with Crippen LogP contribution in [0, 0.1) is 11.3 Å². The van der Waals surface area contributed by atoms with E-state index in [1.165, 1.54) is 22.9 Å². The highest BCUT2D eigenvalue weighted by atomic mass is 19.4. The number of hydrogen-bond donors (Lipinski definition) is 3. The summed E-state index contributed by atoms with van der Waals surface area (Å²) in [6.07, 6.45) is -0.888. The zero-order valence-corrected chi connectivity index (χ0v) is 19.9. The van der Waals surface area contributed by atoms with Crippen molar-refractivity contribution in [2.45, 2.75) is 38.1 Å². The molecule has 1 atom stereocenters. The standard InChI is InChI=1S/C24H25F3N8O2/c1-14(33-18-2-4-30-5-3-18)23(34-29)15-7-21-32-12-19(9-28)35(21)22(8-15)37-20(13-36)16-6-17(11-31-10-16)24(25,26)27/h6-8,10-12,18,20,30,36H,2-5,13,29H2,1H3/b33-14?,34-23+. The van der Waals surface area contributed by atoms with Gasteiger partial charge in [-0.05, 0) is 45.0 Å². The Kier molecular flexibility index (Phi) is 7.70. The molecule has 0 aliphatic carbocycles. The fourth-order valence-electron chi connectivity index (χ4n) is 4.17. The third-order valence-electron chi connectivity index (χ3n) is 6.01. The van der Waals surface area contributed by atoms with Crippen molar-refractivity contribution in [3.63, 3.8) is 0 Å². The van der Waals surface area contributed by atoms with Gasteiger partial charge in [0.25, 0.3) is 0 Å². The van der Waals surface area contributed by atoms with Crippen LogP contribution in [0.25, 0.3) is 5.65 Å². The Morgan fingerprint density at radius 2 is 2.05 bits per heavy atom. The van der Waals surface area contributed by atoms with E-state index in [0.717, 1.165) is 32.0 Å². The van der Waals surface area contributed by atoms with Crippen molar-refractivity contribution in [2.75, 3.05) is 19.7 Å². The van der Waals surface area contributed by atoms with Crippen LogP contribution in [0.1, 0.15) is 48.3 Å². The Labute approximate surface area is 210 Å². The van der Waals surface area contributed by atoms with Crippen molar-refractivity contribution in [1.82, 2.24) is 19.7 Å². The van der Waals surface area contributed by atoms with Gasteiger partial charge in [-0.1, -0.05) is 0 Å². The number of imidazole rings is 1. The van der Waals surface area contributed by atoms with E-state index in [2.05, 4.69) is 20.4 Å². The highest BCUT2D eigenvalue weighted by molar-refractivity contribution is 6.47. The molecule has 37 heavy (non-hydrogen) atoms. The summed E-state index contributed by atoms with van der Waals surface area (Å²) < 4.78 is 47.0. The third kappa shape index (κ3) is 5.71. The van der Waals surface area contributed by atoms with E-state index < -0.39 is 24.5 Å². The summed E-state index contributed by atoms with van der Waals surface area (Å²) in [5.41, 5.74) is 0.917. The molecule has 194 valence electrons. The molecule has 0 bridgehead atoms. The van der Waals surface area contributed by atoms with E-state index >= 15 is 0 Å². The first-order valence-corrected chi connectivity index (χ1v) is 11.5. The number of rotatable bonds is 7. The van der Waals surface area contributed by atoms with Gasteiger partial charge < -0.3 is 21.0 Å². The number of fused-ring (bicyclic) bond motifs is 1. The first kappa shape index (κ1) is 26.1. The second-order valence-corrected chi connectivity index (χ2v) is 8.50. The summed E-state index contributed by atoms with van der Waals surface area (Å²) in [5.74, 6) is 5.78. The number of hydrazone groups is 1. The van der Waals surface area contributed by atoms with E-state index in [0.29, 0.717) is 28.8 Å². The largest absolute Gasteiger partial charge is 0.468 e. The molecule has 3 aromatic rings. The van der Waals surface area contributed by atoms with Crippen LogP contribution in [0.3, 0.4) is 0 Å². The highest BCUT2D eigenvalue weighted by Gasteiger charge is 2.32. The maximum absolute atomic E-state index is 13.2. The molecule has 0 saturated carbocycles. The molecule has 4 heterocycles. The fraction of sp³-hybridized carbons (Fsp3) is 0.375. The molecule has 4 rings (SSSR count). The molecular formula is C24H25F3N8O2. The number of hydrogen-bond acceptors (Lipinski definition) is 9. The molecular weight excluding hydrogens is 489 g/mol. The quantitative estimate of drug-likeness (QED) is 0.250. The summed E-state index contributed by atoms with van der Waals surface area (Å²) in [4.78, 5) is 12.7. The van der Waals surface area contributed by atoms with Crippen molar-refractivity contribution >= 4 is 17.1 Å². The molecule has 1 fully saturated rings. The summed E-state index contributed by atoms with van der Waals surface area (Å²) in [5, 5.41) is 26.8. The number of nitrogens with zero attached hydrogens (tertiary/aromatic N) is 6. The van der Waals surface area contributed by atoms with E-state index in [4.69, 9.17) is 15.6 Å². The Hall–Kier alpha value is -4.02. The van der Waals surface area contributed by atoms with Gasteiger partial charge in [-0.3, -0.25) is 14.4 Å². The molecule has 4 N–H and O–H groups in total. The van der Waals surface area contributed by atoms with Gasteiger partial charge in [0, 0.05) is 29.6 Å². The van der Waals surface area contributed by atoms with Crippen molar-refractivity contribution in [3.05, 3.63) is 59.2 Å². The second-order valence-electron chi connectivity index (χ2n) is 8.50. The number of aliphatic hydroxyl groups is 1. The van der Waals surface area contributed by atoms with Crippen molar-refractivity contribution in [1.29, 1.82) is 5.26 Å². The van der Waals surface area contributed by atoms with Gasteiger partial charge in [0.2, 0.25) is 5.88 Å². The lowest BCUT2D eigenvalue weighted by Crippen LogP contribution is -2.31. The summed E-state index contributed by atoms with van der Waals surface area (Å²) in [7, 11) is 0. The van der Waals surface area contributed by atoms with Crippen LogP contribution in [-0.2, 0) is 6.18 Å². The zero-order valence-electron chi connectivity index (χ0n) is 19.9. The van der Waals surface area contributed by atoms with Crippen molar-refractivity contribution in [3.8, 4) is 11.9 Å². The Morgan fingerprint density at radius 3 is 2.70 bits per heavy atom. The molecule has 1 unspecified atom stereocenters. The predicted molar refractivity (Wildman–Crippen MR) is 129 cm³/mol. The molecule has 13 heteroatoms. The van der Waals surface area contributed by atoms with Crippen LogP contribution in [0.15, 0.2) is 46.9 Å². The number of nitrogens with one attached hydrogen (secondary N) is 1. The lowest BCUT2D eigenvalue weighted by molar-refractivity contribution is -0.137. The van der Waals surface area contributed by atoms with E-state index in [9.17, 15) is 23.5 Å². The SMILES string of the molecule is CC(=NC1CCNCC1)/C(=N\N)c1cc(OC(CO)c2cncc(C(F)(F)F)c2)n2c(C#N)cnc2c1. The molecule has 1 aliphatic rings. The minimum atomic E-state index is -4.62. The van der Waals surface area contributed by atoms with Crippen LogP contribution >= 0.6 is 0 Å². The van der Waals surface area contributed by atoms with Crippen LogP contribution in [-0.4, -0.2) is 56.6 Å². The van der Waals surface area contributed by atoms with Crippen LogP contribution in [0.5, 0.6) is 5.88 Å². The molecule has 1 saturated heterocycles. The molecule has 0 aromatic carbocycles. The van der Waals surface area contributed by atoms with Gasteiger partial charge in [0.1, 0.15) is 29.2 Å². The topological polar surface area (TPSA) is 146 Å². The number of aliphatic imine (C=N–C) groups is 1. The monoisotopic (exact) mass is 514 g/mol. The number of ether oxygens (including phenoxy) is 1. The van der Waals surface area contributed by atoms with E-state index in [1.807, 2.05) is 6.07 Å². The molecule has 0 amide bonds. The number of pyridine rings is 2. The van der Waals surface area contributed by atoms with Gasteiger partial charge in [-0.2, -0.15) is 23.5 Å². The lowest BCUT2D eigenvalue weighted by atomic mass is 10.0. The maximum atomic E-state index is 13.2. The van der Waals surface area contributed by atoms with Gasteiger partial charge in [0.15, 0.2) is 0 Å². The average molecular weight is 515 g/mol. The van der Waals surface area contributed by atoms with Crippen LogP contribution < -0.4 is 15.9 Å². The molecule has 0 spiro atoms. The lowest BCUT2D eigenvalue weighted by Gasteiger charge is -2.21. The second kappa shape index (κ2) is 10.9. The van der Waals surface area contributed by atoms with Crippen LogP contribution in [0.4, 0.5) is 13.2 Å². The molecule has 1 aliphatic heterocycles. The summed E-state index contributed by atoms with van der Waals surface area (Å²) in [6.45, 7) is 2.85. The van der Waals surface area contributed by atoms with Gasteiger partial charge in [0.05, 0.1) is 30.1 Å². The van der Waals surface area contributed by atoms with Gasteiger partial charge in [-0.25, -0.2) is 4.98 Å². The molecule has 0 radical (unpaired) electrons. The first-order chi connectivity index (χ1) is 17.7. The summed E-state index contributed by atoms with van der Waals surface area (Å²) >= 11 is 0. The molecule has 10 nitrogen and oxygen atoms in total. The van der Waals surface area contributed by atoms with Crippen molar-refractivity contribution in [2.24, 2.45) is 15.9 Å². The molecule has 3 aromatic heterocycles. The predicted octanol–water partition coefficient (Wildman–Crippen LogP) is 2.61. The van der Waals surface area contributed by atoms with Crippen molar-refractivity contribution < 1.29 is 23.0 Å². The fourth-order valence-corrected chi connectivity index (χ4v) is 4.17. The summed E-state index contributed by atoms with van der Waals surface area (Å²) in [6, 6.07) is 6.16. The number of alkyl halides is 3. The minimum Gasteiger partial charge on any atom is -0.468 e. The number of nitrogens with two attached hydrogens (primary N) is 1. The third-order valence-corrected chi connectivity index (χ3v) is 6.01. The van der Waals surface area contributed by atoms with E-state index in [1.54, 1.807) is 13.0 Å². The Balaban J connectivity index is 1.76. The number of piperidine rings is 1. The number of halogens is 3. The van der Waals surface area contributed by atoms with Crippen LogP contribution in [0.2, 0.25) is 0 Å². The minimum absolute atomic E-state index is 0.00543. The number of nitriles is 1. The highest BCUT2D eigenvalue weighted by Crippen LogP contribution is 2.32. The first-order valence-electron chi connectivity index (χ1n) is 11.5. The average Bonchev–Trinajstić information content (AvgIpc) is 3.31.